The van der Waals surface area contributed by atoms with Crippen LogP contribution in [0.2, 0.25) is 5.02 Å². The van der Waals surface area contributed by atoms with Crippen LogP contribution in [0.1, 0.15) is 17.8 Å². The normalized spacial score (nSPS) is 10.5. The molecule has 1 aromatic rings. The van der Waals surface area contributed by atoms with Crippen LogP contribution >= 0.6 is 11.6 Å². The summed E-state index contributed by atoms with van der Waals surface area (Å²) in [5.41, 5.74) is -2.10. The van der Waals surface area contributed by atoms with E-state index in [1.54, 1.807) is 0 Å². The Morgan fingerprint density at radius 3 is 2.72 bits per heavy atom. The maximum atomic E-state index is 12.6. The second-order valence-electron chi connectivity index (χ2n) is 3.13. The van der Waals surface area contributed by atoms with Gasteiger partial charge in [0.1, 0.15) is 0 Å². The number of methoxy groups -OCH3 is 1. The number of carbonyl (C=O) groups is 1. The lowest BCUT2D eigenvalue weighted by atomic mass is 10.2. The minimum Gasteiger partial charge on any atom is -0.469 e. The maximum absolute atomic E-state index is 12.6. The van der Waals surface area contributed by atoms with Gasteiger partial charge in [-0.1, -0.05) is 11.6 Å². The van der Waals surface area contributed by atoms with Crippen LogP contribution < -0.4 is 0 Å². The second-order valence-corrected chi connectivity index (χ2v) is 3.54. The Morgan fingerprint density at radius 1 is 1.67 bits per heavy atom. The molecule has 0 saturated heterocycles. The van der Waals surface area contributed by atoms with E-state index in [4.69, 9.17) is 11.6 Å². The van der Waals surface area contributed by atoms with Crippen LogP contribution in [-0.4, -0.2) is 23.0 Å². The Morgan fingerprint density at radius 2 is 2.28 bits per heavy atom. The average molecular weight is 281 g/mol. The van der Waals surface area contributed by atoms with Gasteiger partial charge in [-0.15, -0.1) is 0 Å². The highest BCUT2D eigenvalue weighted by Crippen LogP contribution is 2.31. The summed E-state index contributed by atoms with van der Waals surface area (Å²) < 4.78 is 29.5. The first-order valence-corrected chi connectivity index (χ1v) is 4.93. The van der Waals surface area contributed by atoms with E-state index in [-0.39, 0.29) is 10.7 Å². The molecule has 1 aromatic heterocycles. The number of ether oxygens (including phenoxy) is 1. The van der Waals surface area contributed by atoms with Crippen LogP contribution in [0.3, 0.4) is 0 Å². The number of nitrogens with zero attached hydrogens (tertiary/aromatic N) is 2. The van der Waals surface area contributed by atoms with E-state index in [9.17, 15) is 23.7 Å². The summed E-state index contributed by atoms with van der Waals surface area (Å²) in [6.45, 7) is 0. The zero-order valence-electron chi connectivity index (χ0n) is 9.02. The monoisotopic (exact) mass is 280 g/mol. The molecule has 9 heteroatoms. The van der Waals surface area contributed by atoms with Gasteiger partial charge >= 0.3 is 5.97 Å². The molecule has 0 fully saturated rings. The highest BCUT2D eigenvalue weighted by atomic mass is 35.5. The molecule has 1 heterocycles. The highest BCUT2D eigenvalue weighted by Gasteiger charge is 2.26. The lowest BCUT2D eigenvalue weighted by Crippen LogP contribution is -2.09. The first-order valence-electron chi connectivity index (χ1n) is 4.55. The van der Waals surface area contributed by atoms with Crippen molar-refractivity contribution in [3.63, 3.8) is 0 Å². The molecule has 6 nitrogen and oxygen atoms in total. The third-order valence-electron chi connectivity index (χ3n) is 2.00. The molecule has 0 N–H and O–H groups in total. The molecule has 1 rings (SSSR count). The van der Waals surface area contributed by atoms with E-state index in [1.807, 2.05) is 0 Å². The molecule has 0 saturated carbocycles. The minimum atomic E-state index is -3.14. The number of alkyl halides is 2. The van der Waals surface area contributed by atoms with Crippen molar-refractivity contribution in [2.24, 2.45) is 0 Å². The third-order valence-corrected chi connectivity index (χ3v) is 2.33. The van der Waals surface area contributed by atoms with Gasteiger partial charge in [-0.05, 0) is 0 Å². The van der Waals surface area contributed by atoms with E-state index < -0.39 is 35.1 Å². The topological polar surface area (TPSA) is 82.3 Å². The Kier molecular flexibility index (Phi) is 4.49. The van der Waals surface area contributed by atoms with Gasteiger partial charge in [-0.3, -0.25) is 14.9 Å². The quantitative estimate of drug-likeness (QED) is 0.480. The number of nitro groups is 1. The number of pyridine rings is 1. The number of esters is 1. The van der Waals surface area contributed by atoms with Crippen LogP contribution in [0.4, 0.5) is 14.5 Å². The van der Waals surface area contributed by atoms with Gasteiger partial charge in [0, 0.05) is 6.07 Å². The van der Waals surface area contributed by atoms with Crippen molar-refractivity contribution in [1.82, 2.24) is 4.98 Å². The number of hydrogen-bond donors (Lipinski definition) is 0. The average Bonchev–Trinajstić information content (AvgIpc) is 2.30. The molecule has 0 aliphatic carbocycles. The van der Waals surface area contributed by atoms with E-state index >= 15 is 0 Å². The Bertz CT molecular complexity index is 496. The van der Waals surface area contributed by atoms with Crippen LogP contribution in [0.5, 0.6) is 0 Å². The lowest BCUT2D eigenvalue weighted by Gasteiger charge is -2.06. The summed E-state index contributed by atoms with van der Waals surface area (Å²) in [6.07, 6.45) is -3.58. The molecule has 0 amide bonds. The van der Waals surface area contributed by atoms with Crippen molar-refractivity contribution >= 4 is 23.3 Å². The van der Waals surface area contributed by atoms with Gasteiger partial charge in [0.15, 0.2) is 5.69 Å². The Labute approximate surface area is 105 Å². The first-order chi connectivity index (χ1) is 8.36. The molecule has 0 aliphatic rings. The predicted molar refractivity (Wildman–Crippen MR) is 56.6 cm³/mol. The summed E-state index contributed by atoms with van der Waals surface area (Å²) >= 11 is 5.63. The third kappa shape index (κ3) is 3.10. The summed E-state index contributed by atoms with van der Waals surface area (Å²) in [6, 6.07) is 0.744. The first kappa shape index (κ1) is 14.2. The van der Waals surface area contributed by atoms with E-state index in [2.05, 4.69) is 9.72 Å². The number of aromatic nitrogens is 1. The smallest absolute Gasteiger partial charge is 0.311 e. The fraction of sp³-hybridized carbons (Fsp3) is 0.333. The van der Waals surface area contributed by atoms with Gasteiger partial charge in [0.2, 0.25) is 0 Å². The molecule has 0 spiro atoms. The molecule has 98 valence electrons. The number of halogens is 3. The lowest BCUT2D eigenvalue weighted by molar-refractivity contribution is -0.386. The van der Waals surface area contributed by atoms with E-state index in [0.717, 1.165) is 13.2 Å². The number of carbonyl (C=O) groups excluding carboxylic acids is 1. The molecule has 0 aliphatic heterocycles. The van der Waals surface area contributed by atoms with Crippen molar-refractivity contribution < 1.29 is 23.2 Å². The summed E-state index contributed by atoms with van der Waals surface area (Å²) in [5.74, 6) is -0.738. The van der Waals surface area contributed by atoms with Gasteiger partial charge in [0.05, 0.1) is 29.2 Å². The standard InChI is InChI=1S/C9H7ClF2N2O4/c1-18-7(15)3-5-4(10)2-6(14(16)17)8(13-5)9(11)12/h2,9H,3H2,1H3. The molecule has 0 unspecified atom stereocenters. The molecular formula is C9H7ClF2N2O4. The highest BCUT2D eigenvalue weighted by molar-refractivity contribution is 6.31. The molecule has 0 bridgehead atoms. The fourth-order valence-corrected chi connectivity index (χ4v) is 1.39. The number of hydrogen-bond acceptors (Lipinski definition) is 5. The van der Waals surface area contributed by atoms with Crippen LogP contribution in [0, 0.1) is 10.1 Å². The largest absolute Gasteiger partial charge is 0.469 e. The fourth-order valence-electron chi connectivity index (χ4n) is 1.17. The predicted octanol–water partition coefficient (Wildman–Crippen LogP) is 2.30. The van der Waals surface area contributed by atoms with Crippen LogP contribution in [-0.2, 0) is 16.0 Å². The zero-order chi connectivity index (χ0) is 13.9. The molecule has 18 heavy (non-hydrogen) atoms. The summed E-state index contributed by atoms with van der Waals surface area (Å²) in [7, 11) is 1.11. The van der Waals surface area contributed by atoms with Crippen LogP contribution in [0.25, 0.3) is 0 Å². The minimum absolute atomic E-state index is 0.190. The molecule has 0 atom stereocenters. The van der Waals surface area contributed by atoms with Crippen molar-refractivity contribution in [3.05, 3.63) is 32.6 Å². The molecule has 0 radical (unpaired) electrons. The van der Waals surface area contributed by atoms with Gasteiger partial charge in [-0.25, -0.2) is 13.8 Å². The van der Waals surface area contributed by atoms with Crippen molar-refractivity contribution in [2.45, 2.75) is 12.8 Å². The SMILES string of the molecule is COC(=O)Cc1nc(C(F)F)c([N+](=O)[O-])cc1Cl. The van der Waals surface area contributed by atoms with E-state index in [1.165, 1.54) is 0 Å². The maximum Gasteiger partial charge on any atom is 0.311 e. The summed E-state index contributed by atoms with van der Waals surface area (Å²) in [4.78, 5) is 23.9. The van der Waals surface area contributed by atoms with Gasteiger partial charge in [0.25, 0.3) is 12.1 Å². The Balaban J connectivity index is 3.27. The molecule has 0 aromatic carbocycles. The van der Waals surface area contributed by atoms with Gasteiger partial charge in [-0.2, -0.15) is 0 Å². The second kappa shape index (κ2) is 5.67. The number of rotatable bonds is 4. The van der Waals surface area contributed by atoms with Crippen molar-refractivity contribution in [3.8, 4) is 0 Å². The molecular weight excluding hydrogens is 274 g/mol. The van der Waals surface area contributed by atoms with Crippen LogP contribution in [0.15, 0.2) is 6.07 Å². The zero-order valence-corrected chi connectivity index (χ0v) is 9.78. The van der Waals surface area contributed by atoms with Crippen molar-refractivity contribution in [1.29, 1.82) is 0 Å². The van der Waals surface area contributed by atoms with Crippen molar-refractivity contribution in [2.75, 3.05) is 7.11 Å². The summed E-state index contributed by atoms with van der Waals surface area (Å²) in [5, 5.41) is 10.3. The Hall–Kier alpha value is -1.83. The van der Waals surface area contributed by atoms with E-state index in [0.29, 0.717) is 0 Å². The van der Waals surface area contributed by atoms with Gasteiger partial charge < -0.3 is 4.74 Å².